The second kappa shape index (κ2) is 11.9. The third-order valence-electron chi connectivity index (χ3n) is 6.34. The van der Waals surface area contributed by atoms with E-state index >= 15 is 0 Å². The number of anilines is 2. The number of methoxy groups -OCH3 is 1. The van der Waals surface area contributed by atoms with E-state index in [2.05, 4.69) is 21.4 Å². The fourth-order valence-corrected chi connectivity index (χ4v) is 4.78. The van der Waals surface area contributed by atoms with Gasteiger partial charge in [-0.1, -0.05) is 23.2 Å². The van der Waals surface area contributed by atoms with Crippen LogP contribution in [0.5, 0.6) is 5.75 Å². The van der Waals surface area contributed by atoms with E-state index in [1.165, 1.54) is 36.5 Å². The van der Waals surface area contributed by atoms with Crippen molar-refractivity contribution >= 4 is 51.4 Å². The topological polar surface area (TPSA) is 105 Å². The molecular formula is C26H21Cl2F4N7O3. The van der Waals surface area contributed by atoms with Crippen LogP contribution in [0.25, 0.3) is 22.0 Å². The van der Waals surface area contributed by atoms with Gasteiger partial charge in [-0.3, -0.25) is 24.6 Å². The van der Waals surface area contributed by atoms with Crippen LogP contribution >= 0.6 is 23.2 Å². The van der Waals surface area contributed by atoms with Crippen molar-refractivity contribution in [2.75, 3.05) is 17.4 Å². The predicted octanol–water partition coefficient (Wildman–Crippen LogP) is 5.62. The number of hydrogen-bond donors (Lipinski definition) is 3. The molecule has 1 aliphatic heterocycles. The number of benzene rings is 2. The summed E-state index contributed by atoms with van der Waals surface area (Å²) >= 11 is 12.3. The number of aromatic nitrogens is 3. The highest BCUT2D eigenvalue weighted by Crippen LogP contribution is 2.38. The van der Waals surface area contributed by atoms with Gasteiger partial charge in [0.1, 0.15) is 16.9 Å². The highest BCUT2D eigenvalue weighted by atomic mass is 35.5. The largest absolute Gasteiger partial charge is 0.495 e. The maximum Gasteiger partial charge on any atom is 0.333 e. The van der Waals surface area contributed by atoms with Crippen LogP contribution in [0.3, 0.4) is 0 Å². The third-order valence-corrected chi connectivity index (χ3v) is 6.77. The van der Waals surface area contributed by atoms with Gasteiger partial charge in [0.25, 0.3) is 5.56 Å². The van der Waals surface area contributed by atoms with Crippen LogP contribution in [0.4, 0.5) is 28.9 Å². The number of amides is 1. The summed E-state index contributed by atoms with van der Waals surface area (Å²) in [6.07, 6.45) is -0.143. The Bertz CT molecular complexity index is 1740. The number of hydrogen-bond acceptors (Lipinski definition) is 7. The zero-order chi connectivity index (χ0) is 30.1. The molecule has 0 saturated heterocycles. The first-order valence-corrected chi connectivity index (χ1v) is 12.9. The van der Waals surface area contributed by atoms with Crippen LogP contribution in [0.1, 0.15) is 19.0 Å². The zero-order valence-corrected chi connectivity index (χ0v) is 23.0. The van der Waals surface area contributed by atoms with Crippen molar-refractivity contribution in [3.8, 4) is 16.9 Å². The quantitative estimate of drug-likeness (QED) is 0.164. The van der Waals surface area contributed by atoms with Crippen molar-refractivity contribution in [3.05, 3.63) is 81.6 Å². The monoisotopic (exact) mass is 625 g/mol. The Morgan fingerprint density at radius 3 is 2.52 bits per heavy atom. The van der Waals surface area contributed by atoms with Crippen LogP contribution in [-0.4, -0.2) is 33.8 Å². The standard InChI is InChI=1S/C26H21Cl2F4N7O3/c1-42-21-11-37(24(40)8-17(21)16-7-14(27)2-5-19(16)38-12-22(28)34-36-38)20(9-23(29)30)25(41)33-15-3-4-18-13(6-15)10-39(35-18)26(31)32/h2-8,10-12,20,23,26,34,36H,9H2,1H3,(H,33,41). The Morgan fingerprint density at radius 2 is 1.86 bits per heavy atom. The van der Waals surface area contributed by atoms with Crippen molar-refractivity contribution in [3.63, 3.8) is 0 Å². The normalized spacial score (nSPS) is 13.9. The number of pyridine rings is 1. The van der Waals surface area contributed by atoms with Gasteiger partial charge in [0.05, 0.1) is 30.7 Å². The van der Waals surface area contributed by atoms with Gasteiger partial charge in [0.2, 0.25) is 12.3 Å². The molecule has 1 aliphatic rings. The van der Waals surface area contributed by atoms with E-state index in [1.54, 1.807) is 24.4 Å². The Morgan fingerprint density at radius 1 is 1.07 bits per heavy atom. The Balaban J connectivity index is 1.52. The molecular weight excluding hydrogens is 605 g/mol. The van der Waals surface area contributed by atoms with Gasteiger partial charge < -0.3 is 10.1 Å². The van der Waals surface area contributed by atoms with E-state index < -0.39 is 36.9 Å². The Labute approximate surface area is 245 Å². The minimum Gasteiger partial charge on any atom is -0.495 e. The lowest BCUT2D eigenvalue weighted by molar-refractivity contribution is -0.120. The van der Waals surface area contributed by atoms with Gasteiger partial charge >= 0.3 is 6.55 Å². The van der Waals surface area contributed by atoms with E-state index in [9.17, 15) is 27.2 Å². The number of carbonyl (C=O) groups is 1. The fraction of sp³-hybridized carbons (Fsp3) is 0.192. The Kier molecular flexibility index (Phi) is 8.29. The summed E-state index contributed by atoms with van der Waals surface area (Å²) in [5, 5.41) is 8.67. The minimum atomic E-state index is -2.95. The number of ether oxygens (including phenoxy) is 1. The van der Waals surface area contributed by atoms with Crippen molar-refractivity contribution in [2.45, 2.75) is 25.4 Å². The van der Waals surface area contributed by atoms with Crippen molar-refractivity contribution in [1.82, 2.24) is 25.3 Å². The molecule has 1 amide bonds. The molecule has 2 aromatic heterocycles. The van der Waals surface area contributed by atoms with Gasteiger partial charge in [-0.2, -0.15) is 13.9 Å². The van der Waals surface area contributed by atoms with Gasteiger partial charge in [0.15, 0.2) is 0 Å². The van der Waals surface area contributed by atoms with E-state index in [0.717, 1.165) is 16.8 Å². The summed E-state index contributed by atoms with van der Waals surface area (Å²) in [6, 6.07) is 8.52. The average Bonchev–Trinajstić information content (AvgIpc) is 3.57. The molecule has 220 valence electrons. The summed E-state index contributed by atoms with van der Waals surface area (Å²) in [4.78, 5) is 26.6. The molecule has 42 heavy (non-hydrogen) atoms. The highest BCUT2D eigenvalue weighted by molar-refractivity contribution is 6.31. The summed E-state index contributed by atoms with van der Waals surface area (Å²) in [5.74, 6) is -0.836. The van der Waals surface area contributed by atoms with Crippen molar-refractivity contribution < 1.29 is 27.1 Å². The second-order valence-electron chi connectivity index (χ2n) is 9.04. The van der Waals surface area contributed by atoms with Crippen molar-refractivity contribution in [2.24, 2.45) is 0 Å². The van der Waals surface area contributed by atoms with Crippen LogP contribution in [0, 0.1) is 0 Å². The molecule has 4 aromatic rings. The van der Waals surface area contributed by atoms with Gasteiger partial charge in [0, 0.05) is 45.9 Å². The number of nitrogens with zero attached hydrogens (tertiary/aromatic N) is 4. The van der Waals surface area contributed by atoms with Crippen LogP contribution in [0.2, 0.25) is 5.02 Å². The second-order valence-corrected chi connectivity index (χ2v) is 9.88. The molecule has 10 nitrogen and oxygen atoms in total. The summed E-state index contributed by atoms with van der Waals surface area (Å²) < 4.78 is 60.1. The molecule has 0 spiro atoms. The molecule has 0 saturated carbocycles. The summed E-state index contributed by atoms with van der Waals surface area (Å²) in [7, 11) is 1.32. The van der Waals surface area contributed by atoms with E-state index in [1.807, 2.05) is 0 Å². The van der Waals surface area contributed by atoms with Crippen LogP contribution < -0.4 is 31.6 Å². The molecule has 1 unspecified atom stereocenters. The first-order valence-electron chi connectivity index (χ1n) is 12.2. The smallest absolute Gasteiger partial charge is 0.333 e. The van der Waals surface area contributed by atoms with Crippen molar-refractivity contribution in [1.29, 1.82) is 0 Å². The molecule has 3 heterocycles. The maximum absolute atomic E-state index is 13.7. The minimum absolute atomic E-state index is 0.0910. The first kappa shape index (κ1) is 29.2. The molecule has 0 radical (unpaired) electrons. The molecule has 1 atom stereocenters. The third kappa shape index (κ3) is 6.00. The molecule has 0 bridgehead atoms. The fourth-order valence-electron chi connectivity index (χ4n) is 4.46. The molecule has 0 fully saturated rings. The molecule has 3 N–H and O–H groups in total. The lowest BCUT2D eigenvalue weighted by Crippen LogP contribution is -2.36. The van der Waals surface area contributed by atoms with Gasteiger partial charge in [-0.05, 0) is 36.4 Å². The van der Waals surface area contributed by atoms with Crippen LogP contribution in [-0.2, 0) is 4.79 Å². The number of halogens is 6. The number of nitrogens with one attached hydrogen (secondary N) is 3. The molecule has 16 heteroatoms. The lowest BCUT2D eigenvalue weighted by atomic mass is 10.0. The lowest BCUT2D eigenvalue weighted by Gasteiger charge is -2.23. The molecule has 2 aromatic carbocycles. The average molecular weight is 626 g/mol. The zero-order valence-electron chi connectivity index (χ0n) is 21.5. The SMILES string of the molecule is COc1cn(C(CC(F)F)C(=O)Nc2ccc3nn(C(F)F)cc3c2)c(=O)cc1-c1cc(Cl)ccc1N1C=C(Cl)NN1. The number of rotatable bonds is 9. The van der Waals surface area contributed by atoms with E-state index in [-0.39, 0.29) is 27.9 Å². The van der Waals surface area contributed by atoms with E-state index in [4.69, 9.17) is 27.9 Å². The number of alkyl halides is 4. The summed E-state index contributed by atoms with van der Waals surface area (Å²) in [6.45, 7) is -2.86. The first-order chi connectivity index (χ1) is 20.0. The van der Waals surface area contributed by atoms with Gasteiger partial charge in [-0.15, -0.1) is 5.53 Å². The summed E-state index contributed by atoms with van der Waals surface area (Å²) in [5.41, 5.74) is 6.37. The predicted molar refractivity (Wildman–Crippen MR) is 150 cm³/mol. The van der Waals surface area contributed by atoms with Crippen LogP contribution in [0.15, 0.2) is 71.0 Å². The highest BCUT2D eigenvalue weighted by Gasteiger charge is 2.28. The number of fused-ring (bicyclic) bond motifs is 1. The maximum atomic E-state index is 13.7. The molecule has 0 aliphatic carbocycles. The van der Waals surface area contributed by atoms with E-state index in [0.29, 0.717) is 26.1 Å². The van der Waals surface area contributed by atoms with Gasteiger partial charge in [-0.25, -0.2) is 13.5 Å². The number of hydrazine groups is 2. The molecule has 5 rings (SSSR count). The Hall–Kier alpha value is -4.27. The number of carbonyl (C=O) groups excluding carboxylic acids is 1.